The number of alkyl carbamates (subject to hydrolysis) is 1. The number of nitrogens with one attached hydrogen (secondary N) is 3. The Morgan fingerprint density at radius 3 is 2.53 bits per heavy atom. The van der Waals surface area contributed by atoms with E-state index < -0.39 is 35.6 Å². The minimum Gasteiger partial charge on any atom is -0.449 e. The molecule has 59 heavy (non-hydrogen) atoms. The molecule has 0 bridgehead atoms. The third-order valence-electron chi connectivity index (χ3n) is 12.4. The van der Waals surface area contributed by atoms with E-state index >= 15 is 4.39 Å². The monoisotopic (exact) mass is 801 g/mol. The van der Waals surface area contributed by atoms with E-state index in [-0.39, 0.29) is 57.0 Å². The van der Waals surface area contributed by atoms with Crippen LogP contribution in [0.5, 0.6) is 0 Å². The quantitative estimate of drug-likeness (QED) is 0.109. The molecular weight excluding hydrogens is 758 g/mol. The molecule has 304 valence electrons. The molecule has 2 aliphatic carbocycles. The molecular formula is C45H44FN5O8. The van der Waals surface area contributed by atoms with E-state index in [1.54, 1.807) is 17.6 Å². The topological polar surface area (TPSA) is 170 Å². The van der Waals surface area contributed by atoms with Gasteiger partial charge in [0.05, 0.1) is 42.7 Å². The van der Waals surface area contributed by atoms with Gasteiger partial charge in [-0.3, -0.25) is 14.4 Å². The Morgan fingerprint density at radius 1 is 1.07 bits per heavy atom. The van der Waals surface area contributed by atoms with E-state index in [0.29, 0.717) is 52.9 Å². The summed E-state index contributed by atoms with van der Waals surface area (Å²) < 4.78 is 33.6. The summed E-state index contributed by atoms with van der Waals surface area (Å²) in [4.78, 5) is 57.7. The van der Waals surface area contributed by atoms with Crippen molar-refractivity contribution in [3.8, 4) is 22.5 Å². The lowest BCUT2D eigenvalue weighted by Gasteiger charge is -2.33. The average molecular weight is 802 g/mol. The van der Waals surface area contributed by atoms with Gasteiger partial charge in [-0.1, -0.05) is 55.5 Å². The van der Waals surface area contributed by atoms with Crippen molar-refractivity contribution in [2.75, 3.05) is 26.6 Å². The fraction of sp³-hybridized carbons (Fsp3) is 0.356. The molecule has 4 heterocycles. The van der Waals surface area contributed by atoms with Crippen molar-refractivity contribution in [2.45, 2.75) is 76.8 Å². The number of rotatable bonds is 10. The molecule has 0 saturated carbocycles. The lowest BCUT2D eigenvalue weighted by atomic mass is 9.81. The number of fused-ring (bicyclic) bond motifs is 8. The highest BCUT2D eigenvalue weighted by molar-refractivity contribution is 5.93. The predicted molar refractivity (Wildman–Crippen MR) is 215 cm³/mol. The Balaban J connectivity index is 0.842. The summed E-state index contributed by atoms with van der Waals surface area (Å²) in [6.45, 7) is 4.85. The summed E-state index contributed by atoms with van der Waals surface area (Å²) in [6.07, 6.45) is 0.570. The van der Waals surface area contributed by atoms with Gasteiger partial charge in [0.2, 0.25) is 11.8 Å². The number of aromatic nitrogens is 2. The number of aryl methyl sites for hydroxylation is 1. The number of hydrogen-bond acceptors (Lipinski definition) is 9. The zero-order chi connectivity index (χ0) is 41.2. The summed E-state index contributed by atoms with van der Waals surface area (Å²) in [6, 6.07) is 17.8. The normalized spacial score (nSPS) is 18.9. The van der Waals surface area contributed by atoms with Gasteiger partial charge in [0.15, 0.2) is 0 Å². The molecule has 0 radical (unpaired) electrons. The zero-order valence-electron chi connectivity index (χ0n) is 32.9. The van der Waals surface area contributed by atoms with E-state index in [1.807, 2.05) is 43.3 Å². The van der Waals surface area contributed by atoms with E-state index in [9.17, 15) is 24.3 Å². The molecule has 4 aliphatic rings. The second kappa shape index (κ2) is 15.0. The highest BCUT2D eigenvalue weighted by atomic mass is 19.1. The number of ether oxygens (including phenoxy) is 3. The molecule has 0 fully saturated rings. The van der Waals surface area contributed by atoms with Gasteiger partial charge in [-0.2, -0.15) is 0 Å². The number of pyridine rings is 2. The van der Waals surface area contributed by atoms with Gasteiger partial charge in [-0.15, -0.1) is 0 Å². The van der Waals surface area contributed by atoms with Gasteiger partial charge in [0, 0.05) is 28.5 Å². The maximum absolute atomic E-state index is 15.3. The van der Waals surface area contributed by atoms with Crippen molar-refractivity contribution in [2.24, 2.45) is 0 Å². The van der Waals surface area contributed by atoms with Crippen LogP contribution in [-0.2, 0) is 49.0 Å². The first kappa shape index (κ1) is 38.6. The first-order valence-corrected chi connectivity index (χ1v) is 20.0. The maximum Gasteiger partial charge on any atom is 0.407 e. The molecule has 4 N–H and O–H groups in total. The van der Waals surface area contributed by atoms with E-state index in [1.165, 1.54) is 13.0 Å². The molecule has 2 aromatic heterocycles. The van der Waals surface area contributed by atoms with Crippen molar-refractivity contribution < 1.29 is 38.1 Å². The molecule has 3 amide bonds. The number of carbonyl (C=O) groups excluding carboxylic acids is 3. The van der Waals surface area contributed by atoms with Crippen molar-refractivity contribution >= 4 is 28.8 Å². The largest absolute Gasteiger partial charge is 0.449 e. The second-order valence-electron chi connectivity index (χ2n) is 15.8. The SMILES string of the molecule is CC[C@@]1(O)COCc2c1cc1n(c2=O)Cc2c-1nc1cc(F)c(C)c3c1c2[C@@H](NC(=O)COCNC(=O)[C@H](C)NC(=O)OCC1c2ccccc2-c2ccccc21)CC3. The second-order valence-corrected chi connectivity index (χ2v) is 15.8. The third kappa shape index (κ3) is 6.55. The molecule has 14 heteroatoms. The van der Waals surface area contributed by atoms with E-state index in [4.69, 9.17) is 19.2 Å². The van der Waals surface area contributed by atoms with Crippen LogP contribution in [0.25, 0.3) is 33.4 Å². The molecule has 13 nitrogen and oxygen atoms in total. The first-order valence-electron chi connectivity index (χ1n) is 20.0. The number of nitrogens with zero attached hydrogens (tertiary/aromatic N) is 2. The van der Waals surface area contributed by atoms with Crippen LogP contribution in [0, 0.1) is 12.7 Å². The van der Waals surface area contributed by atoms with E-state index in [2.05, 4.69) is 28.1 Å². The molecule has 0 spiro atoms. The van der Waals surface area contributed by atoms with Crippen LogP contribution < -0.4 is 21.5 Å². The van der Waals surface area contributed by atoms with Gasteiger partial charge in [0.25, 0.3) is 5.56 Å². The summed E-state index contributed by atoms with van der Waals surface area (Å²) in [7, 11) is 0. The van der Waals surface area contributed by atoms with Crippen LogP contribution in [-0.4, -0.2) is 65.2 Å². The molecule has 0 saturated heterocycles. The lowest BCUT2D eigenvalue weighted by molar-refractivity contribution is -0.130. The Bertz CT molecular complexity index is 2600. The van der Waals surface area contributed by atoms with Crippen molar-refractivity contribution in [1.82, 2.24) is 25.5 Å². The van der Waals surface area contributed by atoms with Crippen LogP contribution in [0.4, 0.5) is 9.18 Å². The highest BCUT2D eigenvalue weighted by Gasteiger charge is 2.40. The van der Waals surface area contributed by atoms with Crippen molar-refractivity contribution in [3.05, 3.63) is 121 Å². The third-order valence-corrected chi connectivity index (χ3v) is 12.4. The van der Waals surface area contributed by atoms with Crippen LogP contribution in [0.2, 0.25) is 0 Å². The van der Waals surface area contributed by atoms with Crippen LogP contribution >= 0.6 is 0 Å². The fourth-order valence-electron chi connectivity index (χ4n) is 9.27. The summed E-state index contributed by atoms with van der Waals surface area (Å²) in [5.41, 5.74) is 7.96. The average Bonchev–Trinajstić information content (AvgIpc) is 3.77. The van der Waals surface area contributed by atoms with Gasteiger partial charge in [-0.25, -0.2) is 14.2 Å². The zero-order valence-corrected chi connectivity index (χ0v) is 32.9. The van der Waals surface area contributed by atoms with Crippen molar-refractivity contribution in [1.29, 1.82) is 0 Å². The Labute approximate surface area is 338 Å². The minimum atomic E-state index is -1.33. The minimum absolute atomic E-state index is 0.0631. The van der Waals surface area contributed by atoms with Crippen LogP contribution in [0.1, 0.15) is 83.2 Å². The lowest BCUT2D eigenvalue weighted by Crippen LogP contribution is -2.46. The molecule has 3 atom stereocenters. The summed E-state index contributed by atoms with van der Waals surface area (Å²) in [5.74, 6) is -1.48. The van der Waals surface area contributed by atoms with Gasteiger partial charge >= 0.3 is 6.09 Å². The molecule has 5 aromatic rings. The Morgan fingerprint density at radius 2 is 1.80 bits per heavy atom. The number of halogens is 1. The number of hydrogen-bond donors (Lipinski definition) is 4. The van der Waals surface area contributed by atoms with Gasteiger partial charge < -0.3 is 39.8 Å². The van der Waals surface area contributed by atoms with Crippen LogP contribution in [0.15, 0.2) is 65.5 Å². The van der Waals surface area contributed by atoms with E-state index in [0.717, 1.165) is 44.3 Å². The highest BCUT2D eigenvalue weighted by Crippen LogP contribution is 2.47. The van der Waals surface area contributed by atoms with Gasteiger partial charge in [0.1, 0.15) is 37.4 Å². The maximum atomic E-state index is 15.3. The summed E-state index contributed by atoms with van der Waals surface area (Å²) >= 11 is 0. The number of aliphatic hydroxyl groups is 1. The molecule has 2 aliphatic heterocycles. The molecule has 9 rings (SSSR count). The molecule has 3 aromatic carbocycles. The number of benzene rings is 3. The van der Waals surface area contributed by atoms with Gasteiger partial charge in [-0.05, 0) is 83.7 Å². The predicted octanol–water partition coefficient (Wildman–Crippen LogP) is 5.12. The fourth-order valence-corrected chi connectivity index (χ4v) is 9.27. The Kier molecular flexibility index (Phi) is 9.81. The summed E-state index contributed by atoms with van der Waals surface area (Å²) in [5, 5.41) is 20.4. The smallest absolute Gasteiger partial charge is 0.407 e. The molecule has 0 unspecified atom stereocenters. The standard InChI is InChI=1S/C45H44FN5O8/c1-4-45(56)21-57-18-32-33(45)15-37-41-30(17-51(37)43(32)54)40-35(14-13-25-23(2)34(46)16-36(50-41)39(25)40)49-38(52)20-58-22-47-42(53)24(3)48-44(55)59-19-31-28-11-7-5-9-26(28)27-10-6-8-12-29(27)31/h5-12,15-16,24,31,35,56H,4,13-14,17-22H2,1-3H3,(H,47,53)(H,48,55)(H,49,52)/t24-,35-,45+/m0/s1. The first-order chi connectivity index (χ1) is 28.5. The van der Waals surface area contributed by atoms with Crippen molar-refractivity contribution in [3.63, 3.8) is 0 Å². The number of amides is 3. The number of carbonyl (C=O) groups is 3. The van der Waals surface area contributed by atoms with Crippen LogP contribution in [0.3, 0.4) is 0 Å². The Hall–Kier alpha value is -5.96.